The van der Waals surface area contributed by atoms with Gasteiger partial charge in [-0.1, -0.05) is 45.2 Å². The number of benzene rings is 2. The first-order chi connectivity index (χ1) is 11.3. The van der Waals surface area contributed by atoms with Crippen LogP contribution in [0.2, 0.25) is 10.0 Å². The molecule has 0 saturated carbocycles. The molecular weight excluding hydrogens is 413 g/mol. The molecule has 0 aliphatic heterocycles. The molecule has 0 spiro atoms. The van der Waals surface area contributed by atoms with Crippen LogP contribution < -0.4 is 10.1 Å². The minimum atomic E-state index is -0.616. The van der Waals surface area contributed by atoms with Crippen LogP contribution in [0.4, 0.5) is 0 Å². The molecule has 0 heterocycles. The van der Waals surface area contributed by atoms with E-state index >= 15 is 0 Å². The molecule has 1 atom stereocenters. The zero-order valence-corrected chi connectivity index (χ0v) is 16.7. The lowest BCUT2D eigenvalue weighted by molar-refractivity contribution is -0.127. The Hall–Kier alpha value is -1.23. The number of nitrogens with one attached hydrogen (secondary N) is 1. The summed E-state index contributed by atoms with van der Waals surface area (Å²) < 4.78 is 6.83. The third-order valence-electron chi connectivity index (χ3n) is 3.56. The number of hydrogen-bond acceptors (Lipinski definition) is 2. The molecule has 3 nitrogen and oxygen atoms in total. The van der Waals surface area contributed by atoms with Crippen molar-refractivity contribution in [3.05, 3.63) is 61.5 Å². The quantitative estimate of drug-likeness (QED) is 0.684. The molecule has 1 N–H and O–H groups in total. The van der Waals surface area contributed by atoms with Crippen LogP contribution in [-0.2, 0) is 11.3 Å². The fraction of sp³-hybridized carbons (Fsp3) is 0.278. The predicted octanol–water partition coefficient (Wildman–Crippen LogP) is 5.46. The van der Waals surface area contributed by atoms with Gasteiger partial charge in [-0.3, -0.25) is 4.79 Å². The first-order valence-corrected chi connectivity index (χ1v) is 8.98. The highest BCUT2D eigenvalue weighted by atomic mass is 79.9. The van der Waals surface area contributed by atoms with E-state index in [-0.39, 0.29) is 5.91 Å². The fourth-order valence-corrected chi connectivity index (χ4v) is 3.47. The van der Waals surface area contributed by atoms with Crippen molar-refractivity contribution >= 4 is 45.0 Å². The van der Waals surface area contributed by atoms with Crippen molar-refractivity contribution in [2.45, 2.75) is 33.4 Å². The summed E-state index contributed by atoms with van der Waals surface area (Å²) in [5.74, 6) is 0.521. The van der Waals surface area contributed by atoms with Gasteiger partial charge in [-0.25, -0.2) is 0 Å². The van der Waals surface area contributed by atoms with Crippen LogP contribution in [0.3, 0.4) is 0 Å². The van der Waals surface area contributed by atoms with Gasteiger partial charge in [-0.2, -0.15) is 0 Å². The molecule has 0 aromatic heterocycles. The Morgan fingerprint density at radius 1 is 1.21 bits per heavy atom. The Morgan fingerprint density at radius 2 is 1.83 bits per heavy atom. The van der Waals surface area contributed by atoms with Crippen LogP contribution in [0, 0.1) is 13.8 Å². The summed E-state index contributed by atoms with van der Waals surface area (Å²) in [5.41, 5.74) is 2.75. The SMILES string of the molecule is Cc1cc(Br)cc(C)c1OC(C)C(=O)NCc1ccc(Cl)cc1Cl. The van der Waals surface area contributed by atoms with Gasteiger partial charge in [0.2, 0.25) is 0 Å². The fourth-order valence-electron chi connectivity index (χ4n) is 2.30. The Labute approximate surface area is 160 Å². The Bertz CT molecular complexity index is 742. The van der Waals surface area contributed by atoms with Gasteiger partial charge >= 0.3 is 0 Å². The molecule has 0 aliphatic carbocycles. The van der Waals surface area contributed by atoms with Crippen molar-refractivity contribution in [2.75, 3.05) is 0 Å². The second-order valence-corrected chi connectivity index (χ2v) is 7.34. The van der Waals surface area contributed by atoms with Crippen LogP contribution in [0.25, 0.3) is 0 Å². The van der Waals surface area contributed by atoms with E-state index in [0.717, 1.165) is 26.9 Å². The number of hydrogen-bond donors (Lipinski definition) is 1. The number of ether oxygens (including phenoxy) is 1. The zero-order chi connectivity index (χ0) is 17.9. The van der Waals surface area contributed by atoms with E-state index in [1.54, 1.807) is 25.1 Å². The van der Waals surface area contributed by atoms with Crippen molar-refractivity contribution < 1.29 is 9.53 Å². The summed E-state index contributed by atoms with van der Waals surface area (Å²) >= 11 is 15.4. The lowest BCUT2D eigenvalue weighted by Gasteiger charge is -2.18. The molecule has 6 heteroatoms. The summed E-state index contributed by atoms with van der Waals surface area (Å²) in [6.45, 7) is 5.94. The van der Waals surface area contributed by atoms with Crippen molar-refractivity contribution in [3.8, 4) is 5.75 Å². The molecule has 24 heavy (non-hydrogen) atoms. The van der Waals surface area contributed by atoms with Crippen LogP contribution in [-0.4, -0.2) is 12.0 Å². The average molecular weight is 431 g/mol. The van der Waals surface area contributed by atoms with Crippen molar-refractivity contribution in [1.82, 2.24) is 5.32 Å². The highest BCUT2D eigenvalue weighted by Gasteiger charge is 2.17. The lowest BCUT2D eigenvalue weighted by atomic mass is 10.1. The van der Waals surface area contributed by atoms with E-state index in [1.807, 2.05) is 26.0 Å². The molecule has 1 unspecified atom stereocenters. The van der Waals surface area contributed by atoms with Crippen LogP contribution >= 0.6 is 39.1 Å². The molecule has 0 radical (unpaired) electrons. The van der Waals surface area contributed by atoms with E-state index in [4.69, 9.17) is 27.9 Å². The number of amides is 1. The van der Waals surface area contributed by atoms with Gasteiger partial charge in [0.25, 0.3) is 5.91 Å². The first kappa shape index (κ1) is 19.1. The number of aryl methyl sites for hydroxylation is 2. The summed E-state index contributed by atoms with van der Waals surface area (Å²) in [7, 11) is 0. The van der Waals surface area contributed by atoms with Gasteiger partial charge < -0.3 is 10.1 Å². The number of carbonyl (C=O) groups is 1. The average Bonchev–Trinajstić information content (AvgIpc) is 2.49. The molecular formula is C18H18BrCl2NO2. The van der Waals surface area contributed by atoms with E-state index in [2.05, 4.69) is 21.2 Å². The van der Waals surface area contributed by atoms with Gasteiger partial charge in [0, 0.05) is 21.1 Å². The number of rotatable bonds is 5. The molecule has 2 aromatic rings. The third-order valence-corrected chi connectivity index (χ3v) is 4.60. The standard InChI is InChI=1S/C18H18BrCl2NO2/c1-10-6-14(19)7-11(2)17(10)24-12(3)18(23)22-9-13-4-5-15(20)8-16(13)21/h4-8,12H,9H2,1-3H3,(H,22,23). The van der Waals surface area contributed by atoms with E-state index < -0.39 is 6.10 Å². The maximum absolute atomic E-state index is 12.3. The third kappa shape index (κ3) is 4.88. The van der Waals surface area contributed by atoms with Gasteiger partial charge in [0.1, 0.15) is 5.75 Å². The van der Waals surface area contributed by atoms with E-state index in [1.165, 1.54) is 0 Å². The molecule has 0 fully saturated rings. The molecule has 2 rings (SSSR count). The van der Waals surface area contributed by atoms with Crippen LogP contribution in [0.1, 0.15) is 23.6 Å². The minimum absolute atomic E-state index is 0.206. The second kappa shape index (κ2) is 8.24. The Morgan fingerprint density at radius 3 is 2.42 bits per heavy atom. The van der Waals surface area contributed by atoms with Gasteiger partial charge in [-0.05, 0) is 61.7 Å². The van der Waals surface area contributed by atoms with Gasteiger partial charge in [-0.15, -0.1) is 0 Å². The van der Waals surface area contributed by atoms with Crippen LogP contribution in [0.5, 0.6) is 5.75 Å². The summed E-state index contributed by atoms with van der Waals surface area (Å²) in [6.07, 6.45) is -0.616. The summed E-state index contributed by atoms with van der Waals surface area (Å²) in [5, 5.41) is 3.92. The molecule has 128 valence electrons. The smallest absolute Gasteiger partial charge is 0.261 e. The monoisotopic (exact) mass is 429 g/mol. The zero-order valence-electron chi connectivity index (χ0n) is 13.6. The van der Waals surface area contributed by atoms with Crippen molar-refractivity contribution in [2.24, 2.45) is 0 Å². The van der Waals surface area contributed by atoms with Gasteiger partial charge in [0.05, 0.1) is 0 Å². The van der Waals surface area contributed by atoms with Gasteiger partial charge in [0.15, 0.2) is 6.10 Å². The molecule has 0 aliphatic rings. The molecule has 1 amide bonds. The van der Waals surface area contributed by atoms with Crippen LogP contribution in [0.15, 0.2) is 34.8 Å². The van der Waals surface area contributed by atoms with Crippen molar-refractivity contribution in [3.63, 3.8) is 0 Å². The lowest BCUT2D eigenvalue weighted by Crippen LogP contribution is -2.36. The van der Waals surface area contributed by atoms with Crippen molar-refractivity contribution in [1.29, 1.82) is 0 Å². The highest BCUT2D eigenvalue weighted by Crippen LogP contribution is 2.28. The maximum Gasteiger partial charge on any atom is 0.261 e. The summed E-state index contributed by atoms with van der Waals surface area (Å²) in [6, 6.07) is 9.10. The first-order valence-electron chi connectivity index (χ1n) is 7.43. The molecule has 2 aromatic carbocycles. The molecule has 0 bridgehead atoms. The maximum atomic E-state index is 12.3. The minimum Gasteiger partial charge on any atom is -0.480 e. The Kier molecular flexibility index (Phi) is 6.55. The molecule has 0 saturated heterocycles. The largest absolute Gasteiger partial charge is 0.480 e. The van der Waals surface area contributed by atoms with E-state index in [9.17, 15) is 4.79 Å². The normalized spacial score (nSPS) is 11.9. The topological polar surface area (TPSA) is 38.3 Å². The predicted molar refractivity (Wildman–Crippen MR) is 102 cm³/mol. The highest BCUT2D eigenvalue weighted by molar-refractivity contribution is 9.10. The summed E-state index contributed by atoms with van der Waals surface area (Å²) in [4.78, 5) is 12.3. The Balaban J connectivity index is 2.00. The number of carbonyl (C=O) groups excluding carboxylic acids is 1. The van der Waals surface area contributed by atoms with E-state index in [0.29, 0.717) is 16.6 Å². The number of halogens is 3. The second-order valence-electron chi connectivity index (χ2n) is 5.58.